The van der Waals surface area contributed by atoms with Crippen molar-refractivity contribution in [3.05, 3.63) is 29.3 Å². The Hall–Kier alpha value is -1.51. The third-order valence-electron chi connectivity index (χ3n) is 2.72. The third kappa shape index (κ3) is 2.29. The van der Waals surface area contributed by atoms with Gasteiger partial charge in [0.25, 0.3) is 0 Å². The molecule has 0 aliphatic rings. The van der Waals surface area contributed by atoms with Gasteiger partial charge in [-0.05, 0) is 24.0 Å². The van der Waals surface area contributed by atoms with Crippen molar-refractivity contribution >= 4 is 11.7 Å². The maximum Gasteiger partial charge on any atom is 0.337 e. The molecule has 0 aromatic heterocycles. The highest BCUT2D eigenvalue weighted by atomic mass is 16.4. The van der Waals surface area contributed by atoms with Gasteiger partial charge in [0.05, 0.1) is 11.3 Å². The number of carbonyl (C=O) groups is 1. The summed E-state index contributed by atoms with van der Waals surface area (Å²) in [6.07, 6.45) is 0.998. The number of benzene rings is 1. The van der Waals surface area contributed by atoms with Crippen molar-refractivity contribution in [3.63, 3.8) is 0 Å². The Morgan fingerprint density at radius 2 is 2.20 bits per heavy atom. The van der Waals surface area contributed by atoms with Gasteiger partial charge in [-0.1, -0.05) is 26.0 Å². The predicted octanol–water partition coefficient (Wildman–Crippen LogP) is 2.94. The molecule has 2 N–H and O–H groups in total. The van der Waals surface area contributed by atoms with Gasteiger partial charge in [0, 0.05) is 7.05 Å². The van der Waals surface area contributed by atoms with Crippen molar-refractivity contribution in [2.24, 2.45) is 0 Å². The molecule has 0 saturated carbocycles. The largest absolute Gasteiger partial charge is 0.478 e. The second-order valence-electron chi connectivity index (χ2n) is 3.63. The SMILES string of the molecule is CCC(C)c1cccc(C(=O)O)c1NC. The van der Waals surface area contributed by atoms with Crippen molar-refractivity contribution < 1.29 is 9.90 Å². The quantitative estimate of drug-likeness (QED) is 0.798. The Bertz CT molecular complexity index is 361. The number of para-hydroxylation sites is 1. The molecule has 1 aromatic carbocycles. The standard InChI is InChI=1S/C12H17NO2/c1-4-8(2)9-6-5-7-10(12(14)15)11(9)13-3/h5-8,13H,4H2,1-3H3,(H,14,15). The maximum absolute atomic E-state index is 11.0. The van der Waals surface area contributed by atoms with E-state index in [1.807, 2.05) is 6.07 Å². The molecule has 82 valence electrons. The second-order valence-corrected chi connectivity index (χ2v) is 3.63. The van der Waals surface area contributed by atoms with Gasteiger partial charge in [0.15, 0.2) is 0 Å². The number of carboxylic acids is 1. The van der Waals surface area contributed by atoms with Crippen molar-refractivity contribution in [1.82, 2.24) is 0 Å². The Morgan fingerprint density at radius 3 is 2.67 bits per heavy atom. The van der Waals surface area contributed by atoms with E-state index in [-0.39, 0.29) is 0 Å². The lowest BCUT2D eigenvalue weighted by Crippen LogP contribution is -2.07. The molecule has 0 amide bonds. The van der Waals surface area contributed by atoms with Gasteiger partial charge >= 0.3 is 5.97 Å². The first-order chi connectivity index (χ1) is 7.11. The van der Waals surface area contributed by atoms with E-state index in [0.29, 0.717) is 11.5 Å². The fourth-order valence-electron chi connectivity index (χ4n) is 1.66. The van der Waals surface area contributed by atoms with Crippen molar-refractivity contribution in [2.45, 2.75) is 26.2 Å². The number of hydrogen-bond acceptors (Lipinski definition) is 2. The van der Waals surface area contributed by atoms with Crippen LogP contribution >= 0.6 is 0 Å². The molecule has 1 unspecified atom stereocenters. The summed E-state index contributed by atoms with van der Waals surface area (Å²) < 4.78 is 0. The summed E-state index contributed by atoms with van der Waals surface area (Å²) in [5.74, 6) is -0.517. The van der Waals surface area contributed by atoms with Crippen LogP contribution in [0.5, 0.6) is 0 Å². The van der Waals surface area contributed by atoms with E-state index in [1.165, 1.54) is 0 Å². The van der Waals surface area contributed by atoms with E-state index in [1.54, 1.807) is 19.2 Å². The van der Waals surface area contributed by atoms with Crippen LogP contribution in [0.2, 0.25) is 0 Å². The smallest absolute Gasteiger partial charge is 0.337 e. The number of aromatic carboxylic acids is 1. The minimum absolute atomic E-state index is 0.343. The molecular weight excluding hydrogens is 190 g/mol. The zero-order valence-electron chi connectivity index (χ0n) is 9.37. The summed E-state index contributed by atoms with van der Waals surface area (Å²) in [6, 6.07) is 5.40. The molecule has 1 atom stereocenters. The maximum atomic E-state index is 11.0. The summed E-state index contributed by atoms with van der Waals surface area (Å²) >= 11 is 0. The van der Waals surface area contributed by atoms with E-state index in [2.05, 4.69) is 19.2 Å². The highest BCUT2D eigenvalue weighted by molar-refractivity contribution is 5.95. The average Bonchev–Trinajstić information content (AvgIpc) is 2.26. The normalized spacial score (nSPS) is 12.2. The number of hydrogen-bond donors (Lipinski definition) is 2. The van der Waals surface area contributed by atoms with Crippen molar-refractivity contribution in [3.8, 4) is 0 Å². The third-order valence-corrected chi connectivity index (χ3v) is 2.72. The topological polar surface area (TPSA) is 49.3 Å². The van der Waals surface area contributed by atoms with E-state index >= 15 is 0 Å². The van der Waals surface area contributed by atoms with Gasteiger partial charge < -0.3 is 10.4 Å². The van der Waals surface area contributed by atoms with Gasteiger partial charge in [-0.15, -0.1) is 0 Å². The molecule has 0 fully saturated rings. The summed E-state index contributed by atoms with van der Waals surface area (Å²) in [6.45, 7) is 4.19. The molecule has 15 heavy (non-hydrogen) atoms. The van der Waals surface area contributed by atoms with Crippen LogP contribution in [-0.2, 0) is 0 Å². The second kappa shape index (κ2) is 4.82. The van der Waals surface area contributed by atoms with Gasteiger partial charge in [-0.25, -0.2) is 4.79 Å². The summed E-state index contributed by atoms with van der Waals surface area (Å²) in [5.41, 5.74) is 2.15. The summed E-state index contributed by atoms with van der Waals surface area (Å²) in [7, 11) is 1.76. The van der Waals surface area contributed by atoms with Gasteiger partial charge in [-0.2, -0.15) is 0 Å². The van der Waals surface area contributed by atoms with Crippen LogP contribution in [0.25, 0.3) is 0 Å². The Balaban J connectivity index is 3.28. The van der Waals surface area contributed by atoms with Crippen LogP contribution in [0.1, 0.15) is 42.1 Å². The van der Waals surface area contributed by atoms with Crippen molar-refractivity contribution in [1.29, 1.82) is 0 Å². The fourth-order valence-corrected chi connectivity index (χ4v) is 1.66. The van der Waals surface area contributed by atoms with E-state index in [4.69, 9.17) is 5.11 Å². The predicted molar refractivity (Wildman–Crippen MR) is 61.7 cm³/mol. The summed E-state index contributed by atoms with van der Waals surface area (Å²) in [5, 5.41) is 12.0. The molecule has 0 saturated heterocycles. The highest BCUT2D eigenvalue weighted by Gasteiger charge is 2.15. The van der Waals surface area contributed by atoms with E-state index in [9.17, 15) is 4.79 Å². The first kappa shape index (κ1) is 11.6. The van der Waals surface area contributed by atoms with Crippen molar-refractivity contribution in [2.75, 3.05) is 12.4 Å². The molecule has 0 radical (unpaired) electrons. The van der Waals surface area contributed by atoms with Crippen LogP contribution < -0.4 is 5.32 Å². The monoisotopic (exact) mass is 207 g/mol. The lowest BCUT2D eigenvalue weighted by Gasteiger charge is -2.16. The summed E-state index contributed by atoms with van der Waals surface area (Å²) in [4.78, 5) is 11.0. The number of nitrogens with one attached hydrogen (secondary N) is 1. The molecule has 3 nitrogen and oxygen atoms in total. The first-order valence-corrected chi connectivity index (χ1v) is 5.15. The minimum atomic E-state index is -0.885. The van der Waals surface area contributed by atoms with Crippen LogP contribution in [0.3, 0.4) is 0 Å². The Morgan fingerprint density at radius 1 is 1.53 bits per heavy atom. The first-order valence-electron chi connectivity index (χ1n) is 5.15. The molecule has 0 spiro atoms. The molecule has 1 rings (SSSR count). The molecule has 0 aliphatic heterocycles. The molecule has 0 aliphatic carbocycles. The number of rotatable bonds is 4. The molecular formula is C12H17NO2. The van der Waals surface area contributed by atoms with Crippen LogP contribution in [0.15, 0.2) is 18.2 Å². The van der Waals surface area contributed by atoms with Crippen LogP contribution in [0, 0.1) is 0 Å². The number of anilines is 1. The minimum Gasteiger partial charge on any atom is -0.478 e. The molecule has 0 heterocycles. The van der Waals surface area contributed by atoms with Gasteiger partial charge in [0.1, 0.15) is 0 Å². The average molecular weight is 207 g/mol. The highest BCUT2D eigenvalue weighted by Crippen LogP contribution is 2.29. The van der Waals surface area contributed by atoms with Crippen LogP contribution in [0.4, 0.5) is 5.69 Å². The van der Waals surface area contributed by atoms with E-state index in [0.717, 1.165) is 17.7 Å². The van der Waals surface area contributed by atoms with Gasteiger partial charge in [-0.3, -0.25) is 0 Å². The van der Waals surface area contributed by atoms with E-state index < -0.39 is 5.97 Å². The van der Waals surface area contributed by atoms with Crippen LogP contribution in [-0.4, -0.2) is 18.1 Å². The fraction of sp³-hybridized carbons (Fsp3) is 0.417. The zero-order valence-corrected chi connectivity index (χ0v) is 9.37. The molecule has 1 aromatic rings. The Kier molecular flexibility index (Phi) is 3.72. The lowest BCUT2D eigenvalue weighted by molar-refractivity contribution is 0.0698. The lowest BCUT2D eigenvalue weighted by atomic mass is 9.94. The molecule has 0 bridgehead atoms. The van der Waals surface area contributed by atoms with Gasteiger partial charge in [0.2, 0.25) is 0 Å². The number of carboxylic acid groups (broad SMARTS) is 1. The Labute approximate surface area is 90.1 Å². The zero-order chi connectivity index (χ0) is 11.4. The molecule has 3 heteroatoms.